The lowest BCUT2D eigenvalue weighted by molar-refractivity contribution is 0.155. The third kappa shape index (κ3) is 5.35. The Hall–Kier alpha value is -0.780. The van der Waals surface area contributed by atoms with Crippen molar-refractivity contribution in [3.63, 3.8) is 0 Å². The van der Waals surface area contributed by atoms with E-state index in [1.807, 2.05) is 0 Å². The van der Waals surface area contributed by atoms with Crippen molar-refractivity contribution in [1.82, 2.24) is 0 Å². The van der Waals surface area contributed by atoms with E-state index in [9.17, 15) is 0 Å². The molecule has 0 nitrogen and oxygen atoms in total. The van der Waals surface area contributed by atoms with Gasteiger partial charge in [0.15, 0.2) is 0 Å². The molecule has 0 N–H and O–H groups in total. The first-order chi connectivity index (χ1) is 12.3. The highest BCUT2D eigenvalue weighted by molar-refractivity contribution is 5.25. The van der Waals surface area contributed by atoms with Gasteiger partial charge in [0, 0.05) is 0 Å². The van der Waals surface area contributed by atoms with E-state index in [1.54, 1.807) is 5.56 Å². The summed E-state index contributed by atoms with van der Waals surface area (Å²) >= 11 is 0. The SMILES string of the molecule is CCCCCC1CCC(C2CCC(c3ccc(CC)cc3)CC2)CC1. The molecule has 0 radical (unpaired) electrons. The molecule has 0 unspecified atom stereocenters. The van der Waals surface area contributed by atoms with Gasteiger partial charge < -0.3 is 0 Å². The van der Waals surface area contributed by atoms with Crippen molar-refractivity contribution in [2.45, 2.75) is 103 Å². The highest BCUT2D eigenvalue weighted by Gasteiger charge is 2.31. The van der Waals surface area contributed by atoms with E-state index >= 15 is 0 Å². The van der Waals surface area contributed by atoms with Crippen LogP contribution in [0.25, 0.3) is 0 Å². The molecule has 3 rings (SSSR count). The smallest absolute Gasteiger partial charge is 0.0162 e. The maximum absolute atomic E-state index is 2.41. The summed E-state index contributed by atoms with van der Waals surface area (Å²) in [5.41, 5.74) is 3.09. The van der Waals surface area contributed by atoms with Crippen LogP contribution in [-0.2, 0) is 6.42 Å². The standard InChI is InChI=1S/C25H40/c1-3-5-6-7-21-10-14-23(15-11-21)25-18-16-24(17-19-25)22-12-8-20(4-2)9-13-22/h8-9,12-13,21,23-25H,3-7,10-11,14-19H2,1-2H3. The molecule has 0 heteroatoms. The van der Waals surface area contributed by atoms with Gasteiger partial charge in [0.1, 0.15) is 0 Å². The van der Waals surface area contributed by atoms with Crippen molar-refractivity contribution >= 4 is 0 Å². The zero-order valence-electron chi connectivity index (χ0n) is 16.8. The van der Waals surface area contributed by atoms with Crippen LogP contribution in [0.1, 0.15) is 108 Å². The van der Waals surface area contributed by atoms with Crippen LogP contribution in [0.4, 0.5) is 0 Å². The zero-order chi connectivity index (χ0) is 17.5. The maximum Gasteiger partial charge on any atom is -0.0162 e. The zero-order valence-corrected chi connectivity index (χ0v) is 16.8. The highest BCUT2D eigenvalue weighted by Crippen LogP contribution is 2.44. The lowest BCUT2D eigenvalue weighted by Gasteiger charge is -2.38. The molecule has 0 amide bonds. The van der Waals surface area contributed by atoms with Gasteiger partial charge in [-0.15, -0.1) is 0 Å². The van der Waals surface area contributed by atoms with E-state index in [1.165, 1.54) is 82.6 Å². The number of hydrogen-bond acceptors (Lipinski definition) is 0. The summed E-state index contributed by atoms with van der Waals surface area (Å²) in [6.45, 7) is 4.57. The summed E-state index contributed by atoms with van der Waals surface area (Å²) in [5.74, 6) is 4.01. The number of unbranched alkanes of at least 4 members (excludes halogenated alkanes) is 2. The molecule has 0 bridgehead atoms. The molecule has 2 saturated carbocycles. The van der Waals surface area contributed by atoms with Crippen molar-refractivity contribution in [3.8, 4) is 0 Å². The van der Waals surface area contributed by atoms with Crippen molar-refractivity contribution < 1.29 is 0 Å². The van der Waals surface area contributed by atoms with Crippen LogP contribution in [0.5, 0.6) is 0 Å². The summed E-state index contributed by atoms with van der Waals surface area (Å²) in [5, 5.41) is 0. The molecule has 1 aromatic carbocycles. The van der Waals surface area contributed by atoms with Crippen LogP contribution in [0.2, 0.25) is 0 Å². The van der Waals surface area contributed by atoms with E-state index in [-0.39, 0.29) is 0 Å². The molecule has 2 aliphatic rings. The van der Waals surface area contributed by atoms with Crippen LogP contribution in [-0.4, -0.2) is 0 Å². The molecule has 140 valence electrons. The normalized spacial score (nSPS) is 30.3. The average Bonchev–Trinajstić information content (AvgIpc) is 2.69. The van der Waals surface area contributed by atoms with Crippen LogP contribution in [0.15, 0.2) is 24.3 Å². The fourth-order valence-electron chi connectivity index (χ4n) is 5.58. The number of benzene rings is 1. The minimum Gasteiger partial charge on any atom is -0.0654 e. The van der Waals surface area contributed by atoms with E-state index in [0.29, 0.717) is 0 Å². The molecular formula is C25H40. The Kier molecular flexibility index (Phi) is 7.44. The predicted octanol–water partition coefficient (Wildman–Crippen LogP) is 7.91. The van der Waals surface area contributed by atoms with Gasteiger partial charge in [0.2, 0.25) is 0 Å². The molecule has 1 aromatic rings. The van der Waals surface area contributed by atoms with E-state index in [2.05, 4.69) is 38.1 Å². The van der Waals surface area contributed by atoms with Gasteiger partial charge in [-0.3, -0.25) is 0 Å². The summed E-state index contributed by atoms with van der Waals surface area (Å²) < 4.78 is 0. The van der Waals surface area contributed by atoms with Crippen molar-refractivity contribution in [3.05, 3.63) is 35.4 Å². The summed E-state index contributed by atoms with van der Waals surface area (Å²) in [6.07, 6.45) is 19.0. The van der Waals surface area contributed by atoms with Crippen molar-refractivity contribution in [2.24, 2.45) is 17.8 Å². The fourth-order valence-corrected chi connectivity index (χ4v) is 5.58. The first kappa shape index (κ1) is 19.0. The Morgan fingerprint density at radius 2 is 1.32 bits per heavy atom. The van der Waals surface area contributed by atoms with Gasteiger partial charge in [-0.25, -0.2) is 0 Å². The first-order valence-electron chi connectivity index (χ1n) is 11.4. The fraction of sp³-hybridized carbons (Fsp3) is 0.760. The Bertz CT molecular complexity index is 469. The third-order valence-corrected chi connectivity index (χ3v) is 7.41. The van der Waals surface area contributed by atoms with E-state index < -0.39 is 0 Å². The molecule has 0 aromatic heterocycles. The second kappa shape index (κ2) is 9.79. The van der Waals surface area contributed by atoms with Gasteiger partial charge in [-0.2, -0.15) is 0 Å². The lowest BCUT2D eigenvalue weighted by atomic mass is 9.68. The number of hydrogen-bond donors (Lipinski definition) is 0. The molecule has 0 spiro atoms. The number of rotatable bonds is 7. The highest BCUT2D eigenvalue weighted by atomic mass is 14.4. The van der Waals surface area contributed by atoms with Gasteiger partial charge in [0.05, 0.1) is 0 Å². The van der Waals surface area contributed by atoms with Gasteiger partial charge in [-0.05, 0) is 79.7 Å². The Morgan fingerprint density at radius 3 is 1.88 bits per heavy atom. The van der Waals surface area contributed by atoms with Crippen LogP contribution < -0.4 is 0 Å². The molecule has 2 aliphatic carbocycles. The van der Waals surface area contributed by atoms with E-state index in [0.717, 1.165) is 30.1 Å². The quantitative estimate of drug-likeness (QED) is 0.442. The Morgan fingerprint density at radius 1 is 0.720 bits per heavy atom. The van der Waals surface area contributed by atoms with Crippen LogP contribution in [0, 0.1) is 17.8 Å². The minimum absolute atomic E-state index is 0.840. The Labute approximate surface area is 156 Å². The van der Waals surface area contributed by atoms with Gasteiger partial charge >= 0.3 is 0 Å². The van der Waals surface area contributed by atoms with Crippen LogP contribution in [0.3, 0.4) is 0 Å². The van der Waals surface area contributed by atoms with Crippen molar-refractivity contribution in [1.29, 1.82) is 0 Å². The van der Waals surface area contributed by atoms with Gasteiger partial charge in [-0.1, -0.05) is 76.6 Å². The molecule has 2 fully saturated rings. The van der Waals surface area contributed by atoms with Crippen molar-refractivity contribution in [2.75, 3.05) is 0 Å². The van der Waals surface area contributed by atoms with Gasteiger partial charge in [0.25, 0.3) is 0 Å². The predicted molar refractivity (Wildman–Crippen MR) is 110 cm³/mol. The Balaban J connectivity index is 1.40. The summed E-state index contributed by atoms with van der Waals surface area (Å²) in [4.78, 5) is 0. The second-order valence-corrected chi connectivity index (χ2v) is 8.98. The molecular weight excluding hydrogens is 300 g/mol. The monoisotopic (exact) mass is 340 g/mol. The number of aryl methyl sites for hydroxylation is 1. The maximum atomic E-state index is 2.41. The topological polar surface area (TPSA) is 0 Å². The van der Waals surface area contributed by atoms with E-state index in [4.69, 9.17) is 0 Å². The summed E-state index contributed by atoms with van der Waals surface area (Å²) in [7, 11) is 0. The molecule has 0 atom stereocenters. The minimum atomic E-state index is 0.840. The first-order valence-corrected chi connectivity index (χ1v) is 11.4. The third-order valence-electron chi connectivity index (χ3n) is 7.41. The second-order valence-electron chi connectivity index (χ2n) is 8.98. The molecule has 0 heterocycles. The lowest BCUT2D eigenvalue weighted by Crippen LogP contribution is -2.25. The summed E-state index contributed by atoms with van der Waals surface area (Å²) in [6, 6.07) is 9.51. The average molecular weight is 341 g/mol. The molecule has 0 aliphatic heterocycles. The molecule has 0 saturated heterocycles. The molecule has 25 heavy (non-hydrogen) atoms. The van der Waals surface area contributed by atoms with Crippen LogP contribution >= 0.6 is 0 Å². The largest absolute Gasteiger partial charge is 0.0654 e.